The molecule has 0 atom stereocenters. The van der Waals surface area contributed by atoms with Crippen LogP contribution < -0.4 is 0 Å². The van der Waals surface area contributed by atoms with Crippen molar-refractivity contribution in [3.8, 4) is 0 Å². The van der Waals surface area contributed by atoms with Crippen LogP contribution in [0.4, 0.5) is 0 Å². The Labute approximate surface area is 45.4 Å². The summed E-state index contributed by atoms with van der Waals surface area (Å²) in [6, 6.07) is 0. The molecule has 0 amide bonds. The van der Waals surface area contributed by atoms with Gasteiger partial charge in [-0.1, -0.05) is 0 Å². The molecule has 4 radical (unpaired) electrons. The average molecular weight is 239 g/mol. The molecule has 4 heteroatoms. The first kappa shape index (κ1) is 95.3. The Morgan fingerprint density at radius 3 is 1.00 bits per heavy atom. The molecular weight excluding hydrogens is 239 g/mol. The van der Waals surface area contributed by atoms with Gasteiger partial charge in [-0.3, -0.25) is 0 Å². The molecule has 0 saturated carbocycles. The summed E-state index contributed by atoms with van der Waals surface area (Å²) in [5.41, 5.74) is 0. The van der Waals surface area contributed by atoms with Crippen molar-refractivity contribution in [1.29, 1.82) is 0 Å². The third-order valence-electron chi connectivity index (χ3n) is 0. The Morgan fingerprint density at radius 1 is 1.00 bits per heavy atom. The van der Waals surface area contributed by atoms with E-state index < -0.39 is 0 Å². The zero-order valence-corrected chi connectivity index (χ0v) is 6.02. The molecule has 0 aliphatic carbocycles. The van der Waals surface area contributed by atoms with Crippen LogP contribution in [-0.4, -0.2) is 11.0 Å². The summed E-state index contributed by atoms with van der Waals surface area (Å²) >= 11 is 0. The Morgan fingerprint density at radius 2 is 1.00 bits per heavy atom. The molecule has 0 heterocycles. The molecule has 0 aromatic carbocycles. The van der Waals surface area contributed by atoms with E-state index in [0.29, 0.717) is 0 Å². The first-order valence-electron chi connectivity index (χ1n) is 0. The molecular formula is NOSiTa. The third kappa shape index (κ3) is 13.2. The standard InChI is InChI=1S/N.O.Si.Ta/q-3;-2;;+5. The van der Waals surface area contributed by atoms with Crippen molar-refractivity contribution in [2.75, 3.05) is 0 Å². The van der Waals surface area contributed by atoms with Gasteiger partial charge in [0.05, 0.1) is 0 Å². The van der Waals surface area contributed by atoms with E-state index in [1.54, 1.807) is 0 Å². The maximum absolute atomic E-state index is 0. The summed E-state index contributed by atoms with van der Waals surface area (Å²) in [5.74, 6) is 0. The summed E-state index contributed by atoms with van der Waals surface area (Å²) < 4.78 is 0. The second-order valence-corrected chi connectivity index (χ2v) is 0. The topological polar surface area (TPSA) is 59.0 Å². The van der Waals surface area contributed by atoms with Crippen molar-refractivity contribution in [3.63, 3.8) is 0 Å². The summed E-state index contributed by atoms with van der Waals surface area (Å²) in [7, 11) is 0. The third-order valence-corrected chi connectivity index (χ3v) is 0. The van der Waals surface area contributed by atoms with Crippen LogP contribution in [0, 0.1) is 0 Å². The number of rotatable bonds is 0. The van der Waals surface area contributed by atoms with Crippen LogP contribution in [0.15, 0.2) is 0 Å². The molecule has 0 aliphatic rings. The largest absolute Gasteiger partial charge is 5.00 e. The Balaban J connectivity index is 0. The fraction of sp³-hybridized carbons (Fsp3) is 0. The summed E-state index contributed by atoms with van der Waals surface area (Å²) in [6.07, 6.45) is 0. The van der Waals surface area contributed by atoms with E-state index in [4.69, 9.17) is 0 Å². The van der Waals surface area contributed by atoms with Gasteiger partial charge in [0.2, 0.25) is 0 Å². The summed E-state index contributed by atoms with van der Waals surface area (Å²) in [5, 5.41) is 0. The van der Waals surface area contributed by atoms with E-state index in [1.165, 1.54) is 0 Å². The van der Waals surface area contributed by atoms with Crippen LogP contribution in [0.5, 0.6) is 0 Å². The van der Waals surface area contributed by atoms with Gasteiger partial charge in [-0.05, 0) is 0 Å². The Hall–Kier alpha value is 0.877. The van der Waals surface area contributed by atoms with Crippen molar-refractivity contribution in [2.24, 2.45) is 0 Å². The van der Waals surface area contributed by atoms with E-state index in [0.717, 1.165) is 0 Å². The normalized spacial score (nSPS) is 0. The molecule has 0 aromatic heterocycles. The molecule has 0 aliphatic heterocycles. The zero-order chi connectivity index (χ0) is 0. The quantitative estimate of drug-likeness (QED) is 0.525. The van der Waals surface area contributed by atoms with Crippen LogP contribution in [-0.2, 0) is 27.9 Å². The van der Waals surface area contributed by atoms with Crippen LogP contribution in [0.25, 0.3) is 6.15 Å². The van der Waals surface area contributed by atoms with Crippen LogP contribution >= 0.6 is 0 Å². The van der Waals surface area contributed by atoms with Crippen LogP contribution in [0.3, 0.4) is 0 Å². The van der Waals surface area contributed by atoms with Gasteiger partial charge in [0.25, 0.3) is 0 Å². The summed E-state index contributed by atoms with van der Waals surface area (Å²) in [6.45, 7) is 0. The van der Waals surface area contributed by atoms with Gasteiger partial charge in [0.1, 0.15) is 0 Å². The van der Waals surface area contributed by atoms with Crippen molar-refractivity contribution in [3.05, 3.63) is 6.15 Å². The molecule has 0 spiro atoms. The van der Waals surface area contributed by atoms with Gasteiger partial charge in [0, 0.05) is 11.0 Å². The Kier molecular flexibility index (Phi) is 994. The molecule has 0 N–H and O–H groups in total. The minimum absolute atomic E-state index is 0. The number of hydrogen-bond acceptors (Lipinski definition) is 0. The van der Waals surface area contributed by atoms with E-state index in [2.05, 4.69) is 0 Å². The molecule has 0 aromatic rings. The van der Waals surface area contributed by atoms with Crippen molar-refractivity contribution >= 4 is 11.0 Å². The van der Waals surface area contributed by atoms with Gasteiger partial charge in [0.15, 0.2) is 0 Å². The first-order chi connectivity index (χ1) is 0. The molecule has 0 fully saturated rings. The summed E-state index contributed by atoms with van der Waals surface area (Å²) in [4.78, 5) is 0. The van der Waals surface area contributed by atoms with Crippen molar-refractivity contribution in [1.82, 2.24) is 0 Å². The van der Waals surface area contributed by atoms with Gasteiger partial charge >= 0.3 is 22.4 Å². The van der Waals surface area contributed by atoms with Crippen molar-refractivity contribution < 1.29 is 27.9 Å². The SMILES string of the molecule is [N-3].[O-2].[Si].[Ta+5]. The number of nitrogens with zero attached hydrogens (tertiary/aromatic N) is 1. The predicted molar refractivity (Wildman–Crippen MR) is 9.80 cm³/mol. The minimum Gasteiger partial charge on any atom is -3.00 e. The smallest absolute Gasteiger partial charge is 3.00 e. The fourth-order valence-electron chi connectivity index (χ4n) is 0. The molecule has 4 heavy (non-hydrogen) atoms. The maximum Gasteiger partial charge on any atom is 5.00 e. The molecule has 0 unspecified atom stereocenters. The first-order valence-corrected chi connectivity index (χ1v) is 0. The maximum atomic E-state index is 0. The fourth-order valence-corrected chi connectivity index (χ4v) is 0. The molecule has 0 rings (SSSR count). The zero-order valence-electron chi connectivity index (χ0n) is 1.80. The second-order valence-electron chi connectivity index (χ2n) is 0. The van der Waals surface area contributed by atoms with Crippen LogP contribution in [0.2, 0.25) is 0 Å². The molecule has 0 saturated heterocycles. The Bertz CT molecular complexity index is 8.00. The number of hydrogen-bond donors (Lipinski definition) is 0. The van der Waals surface area contributed by atoms with Crippen molar-refractivity contribution in [2.45, 2.75) is 0 Å². The average Bonchev–Trinajstić information content (AvgIpc) is 0. The predicted octanol–water partition coefficient (Wildman–Crippen LogP) is -0.213. The van der Waals surface area contributed by atoms with Crippen LogP contribution in [0.1, 0.15) is 0 Å². The molecule has 2 nitrogen and oxygen atoms in total. The van der Waals surface area contributed by atoms with E-state index in [1.807, 2.05) is 0 Å². The molecule has 20 valence electrons. The monoisotopic (exact) mass is 239 g/mol. The van der Waals surface area contributed by atoms with E-state index >= 15 is 0 Å². The van der Waals surface area contributed by atoms with Gasteiger partial charge < -0.3 is 11.6 Å². The second kappa shape index (κ2) is 41.7. The van der Waals surface area contributed by atoms with Gasteiger partial charge in [-0.2, -0.15) is 0 Å². The van der Waals surface area contributed by atoms with E-state index in [-0.39, 0.29) is 45.0 Å². The molecule has 0 bridgehead atoms. The van der Waals surface area contributed by atoms with E-state index in [9.17, 15) is 0 Å². The van der Waals surface area contributed by atoms with Gasteiger partial charge in [-0.15, -0.1) is 0 Å². The minimum atomic E-state index is 0. The van der Waals surface area contributed by atoms with Gasteiger partial charge in [-0.25, -0.2) is 0 Å².